The molecule has 3 fully saturated rings. The van der Waals surface area contributed by atoms with E-state index < -0.39 is 21.2 Å². The van der Waals surface area contributed by atoms with Crippen LogP contribution in [-0.4, -0.2) is 67.1 Å². The van der Waals surface area contributed by atoms with E-state index in [0.29, 0.717) is 48.5 Å². The molecular formula is C27H26N6O4S2. The highest BCUT2D eigenvalue weighted by molar-refractivity contribution is 8.18. The molecule has 4 heterocycles. The van der Waals surface area contributed by atoms with Gasteiger partial charge in [-0.15, -0.1) is 0 Å². The van der Waals surface area contributed by atoms with Crippen LogP contribution in [-0.2, 0) is 14.8 Å². The van der Waals surface area contributed by atoms with Crippen molar-refractivity contribution in [2.45, 2.75) is 4.90 Å². The van der Waals surface area contributed by atoms with Gasteiger partial charge in [-0.3, -0.25) is 14.9 Å². The van der Waals surface area contributed by atoms with Crippen LogP contribution in [0.2, 0.25) is 0 Å². The third-order valence-corrected chi connectivity index (χ3v) is 9.90. The van der Waals surface area contributed by atoms with Crippen molar-refractivity contribution in [3.63, 3.8) is 0 Å². The third-order valence-electron chi connectivity index (χ3n) is 7.25. The monoisotopic (exact) mass is 562 g/mol. The number of para-hydroxylation sites is 1. The average molecular weight is 563 g/mol. The zero-order chi connectivity index (χ0) is 27.1. The molecule has 0 aliphatic carbocycles. The number of imide groups is 1. The average Bonchev–Trinajstić information content (AvgIpc) is 3.62. The summed E-state index contributed by atoms with van der Waals surface area (Å²) in [6.45, 7) is 2.12. The fourth-order valence-electron chi connectivity index (χ4n) is 5.22. The number of carbonyl (C=O) groups is 2. The van der Waals surface area contributed by atoms with Crippen LogP contribution in [0.4, 0.5) is 22.2 Å². The van der Waals surface area contributed by atoms with Gasteiger partial charge in [0.15, 0.2) is 0 Å². The van der Waals surface area contributed by atoms with Crippen molar-refractivity contribution in [2.24, 2.45) is 11.8 Å². The first-order valence-electron chi connectivity index (χ1n) is 12.5. The van der Waals surface area contributed by atoms with Crippen LogP contribution >= 0.6 is 11.8 Å². The molecule has 2 amide bonds. The molecule has 3 saturated heterocycles. The predicted molar refractivity (Wildman–Crippen MR) is 150 cm³/mol. The second-order valence-electron chi connectivity index (χ2n) is 9.76. The summed E-state index contributed by atoms with van der Waals surface area (Å²) in [6.07, 6.45) is 1.60. The van der Waals surface area contributed by atoms with Gasteiger partial charge in [-0.1, -0.05) is 36.4 Å². The topological polar surface area (TPSA) is 116 Å². The zero-order valence-electron chi connectivity index (χ0n) is 21.1. The van der Waals surface area contributed by atoms with Gasteiger partial charge in [0.25, 0.3) is 11.1 Å². The number of rotatable bonds is 6. The number of nitrogens with zero attached hydrogens (tertiary/aromatic N) is 5. The number of hydrogen-bond acceptors (Lipinski definition) is 9. The van der Waals surface area contributed by atoms with Crippen LogP contribution in [0.25, 0.3) is 6.08 Å². The van der Waals surface area contributed by atoms with E-state index in [1.165, 1.54) is 0 Å². The second-order valence-corrected chi connectivity index (χ2v) is 12.7. The van der Waals surface area contributed by atoms with E-state index in [9.17, 15) is 18.0 Å². The molecule has 6 rings (SSSR count). The Morgan fingerprint density at radius 2 is 1.59 bits per heavy atom. The fourth-order valence-corrected chi connectivity index (χ4v) is 7.46. The molecular weight excluding hydrogens is 536 g/mol. The Labute approximate surface area is 230 Å². The molecule has 3 aromatic rings. The zero-order valence-corrected chi connectivity index (χ0v) is 22.7. The maximum atomic E-state index is 13.1. The van der Waals surface area contributed by atoms with Gasteiger partial charge in [-0.25, -0.2) is 13.4 Å². The summed E-state index contributed by atoms with van der Waals surface area (Å²) in [5.74, 6) is 0.997. The maximum absolute atomic E-state index is 13.1. The van der Waals surface area contributed by atoms with Crippen molar-refractivity contribution in [1.82, 2.24) is 19.6 Å². The molecule has 12 heteroatoms. The molecule has 2 unspecified atom stereocenters. The third kappa shape index (κ3) is 5.02. The van der Waals surface area contributed by atoms with Crippen LogP contribution in [0, 0.1) is 11.8 Å². The first kappa shape index (κ1) is 25.5. The summed E-state index contributed by atoms with van der Waals surface area (Å²) >= 11 is 0.843. The molecule has 0 spiro atoms. The molecule has 3 aliphatic rings. The molecule has 0 bridgehead atoms. The Morgan fingerprint density at radius 1 is 0.949 bits per heavy atom. The summed E-state index contributed by atoms with van der Waals surface area (Å²) in [7, 11) is -1.63. The van der Waals surface area contributed by atoms with E-state index in [0.717, 1.165) is 17.4 Å². The minimum atomic E-state index is -3.54. The second kappa shape index (κ2) is 10.1. The molecule has 1 aromatic heterocycles. The Morgan fingerprint density at radius 3 is 2.21 bits per heavy atom. The highest BCUT2D eigenvalue weighted by Gasteiger charge is 2.45. The number of nitrogens with one attached hydrogen (secondary N) is 1. The number of amides is 2. The number of sulfonamides is 1. The quantitative estimate of drug-likeness (QED) is 0.452. The van der Waals surface area contributed by atoms with E-state index >= 15 is 0 Å². The van der Waals surface area contributed by atoms with Crippen molar-refractivity contribution in [2.75, 3.05) is 43.0 Å². The smallest absolute Gasteiger partial charge is 0.290 e. The largest absolute Gasteiger partial charge is 0.340 e. The summed E-state index contributed by atoms with van der Waals surface area (Å²) in [5, 5.41) is 1.86. The molecule has 1 N–H and O–H groups in total. The lowest BCUT2D eigenvalue weighted by atomic mass is 10.0. The van der Waals surface area contributed by atoms with E-state index in [1.807, 2.05) is 42.3 Å². The van der Waals surface area contributed by atoms with Gasteiger partial charge in [-0.05, 0) is 53.9 Å². The lowest BCUT2D eigenvalue weighted by molar-refractivity contribution is -0.115. The van der Waals surface area contributed by atoms with Gasteiger partial charge in [0, 0.05) is 45.0 Å². The van der Waals surface area contributed by atoms with Crippen LogP contribution in [0.15, 0.2) is 76.5 Å². The Bertz CT molecular complexity index is 1550. The lowest BCUT2D eigenvalue weighted by Crippen LogP contribution is -2.34. The van der Waals surface area contributed by atoms with Crippen molar-refractivity contribution in [1.29, 1.82) is 0 Å². The van der Waals surface area contributed by atoms with Gasteiger partial charge in [-0.2, -0.15) is 9.29 Å². The molecule has 39 heavy (non-hydrogen) atoms. The predicted octanol–water partition coefficient (Wildman–Crippen LogP) is 3.33. The van der Waals surface area contributed by atoms with Gasteiger partial charge in [0.05, 0.1) is 15.5 Å². The molecule has 3 aliphatic heterocycles. The molecule has 2 atom stereocenters. The summed E-state index contributed by atoms with van der Waals surface area (Å²) in [6, 6.07) is 20.1. The number of aromatic nitrogens is 2. The Hall–Kier alpha value is -3.74. The number of benzene rings is 2. The van der Waals surface area contributed by atoms with Crippen LogP contribution in [0.5, 0.6) is 0 Å². The van der Waals surface area contributed by atoms with Crippen LogP contribution in [0.1, 0.15) is 5.69 Å². The standard InChI is InChI=1S/C27H26N6O4S2/c1-31(21-8-4-2-5-9-21)24-13-20(12-23-25(34)30-27(35)38-23)28-26(29-24)32-14-18-16-33(17-19(18)15-32)39(36,37)22-10-6-3-7-11-22/h2-13,18-19H,14-17H2,1H3,(H,30,34,35)/b23-12+. The van der Waals surface area contributed by atoms with E-state index in [1.54, 1.807) is 46.8 Å². The van der Waals surface area contributed by atoms with E-state index in [-0.39, 0.29) is 16.7 Å². The fraction of sp³-hybridized carbons (Fsp3) is 0.259. The van der Waals surface area contributed by atoms with Crippen molar-refractivity contribution in [3.05, 3.63) is 77.3 Å². The van der Waals surface area contributed by atoms with Gasteiger partial charge < -0.3 is 9.80 Å². The first-order chi connectivity index (χ1) is 18.8. The Kier molecular flexibility index (Phi) is 6.61. The van der Waals surface area contributed by atoms with Crippen LogP contribution < -0.4 is 15.1 Å². The molecule has 200 valence electrons. The highest BCUT2D eigenvalue weighted by atomic mass is 32.2. The SMILES string of the molecule is CN(c1ccccc1)c1cc(/C=C2/SC(=O)NC2=O)nc(N2CC3CN(S(=O)(=O)c4ccccc4)CC3C2)n1. The summed E-state index contributed by atoms with van der Waals surface area (Å²) in [5.41, 5.74) is 1.44. The maximum Gasteiger partial charge on any atom is 0.290 e. The minimum Gasteiger partial charge on any atom is -0.340 e. The van der Waals surface area contributed by atoms with E-state index in [4.69, 9.17) is 9.97 Å². The minimum absolute atomic E-state index is 0.151. The molecule has 2 aromatic carbocycles. The van der Waals surface area contributed by atoms with E-state index in [2.05, 4.69) is 10.2 Å². The molecule has 10 nitrogen and oxygen atoms in total. The number of carbonyl (C=O) groups excluding carboxylic acids is 2. The lowest BCUT2D eigenvalue weighted by Gasteiger charge is -2.24. The van der Waals surface area contributed by atoms with Gasteiger partial charge in [0.2, 0.25) is 16.0 Å². The van der Waals surface area contributed by atoms with Crippen molar-refractivity contribution >= 4 is 56.5 Å². The molecule has 0 radical (unpaired) electrons. The van der Waals surface area contributed by atoms with Crippen molar-refractivity contribution < 1.29 is 18.0 Å². The number of hydrogen-bond donors (Lipinski definition) is 1. The first-order valence-corrected chi connectivity index (χ1v) is 14.8. The van der Waals surface area contributed by atoms with Gasteiger partial charge >= 0.3 is 0 Å². The number of thioether (sulfide) groups is 1. The Balaban J connectivity index is 1.27. The number of fused-ring (bicyclic) bond motifs is 1. The molecule has 0 saturated carbocycles. The number of anilines is 3. The summed E-state index contributed by atoms with van der Waals surface area (Å²) < 4.78 is 27.9. The van der Waals surface area contributed by atoms with Crippen LogP contribution in [0.3, 0.4) is 0 Å². The van der Waals surface area contributed by atoms with Gasteiger partial charge in [0.1, 0.15) is 5.82 Å². The van der Waals surface area contributed by atoms with Crippen molar-refractivity contribution in [3.8, 4) is 0 Å². The normalized spacial score (nSPS) is 22.4. The highest BCUT2D eigenvalue weighted by Crippen LogP contribution is 2.37. The summed E-state index contributed by atoms with van der Waals surface area (Å²) in [4.78, 5) is 38.0.